The standard InChI is InChI=1S/C25H22ClF4NO4/c1-4-31-13-17(7-10-22(31)32)24(34,25(28,29)30)14(2)18-8-5-15(11-20(18)26)16-6-9-19(21(27)12-16)23(33)35-3/h5-14,34H,4H2,1-3H3/t14-,24-/m0/s1. The van der Waals surface area contributed by atoms with Gasteiger partial charge in [0.05, 0.1) is 12.7 Å². The molecule has 0 bridgehead atoms. The lowest BCUT2D eigenvalue weighted by molar-refractivity contribution is -0.274. The zero-order valence-electron chi connectivity index (χ0n) is 19.0. The third-order valence-electron chi connectivity index (χ3n) is 6.00. The summed E-state index contributed by atoms with van der Waals surface area (Å²) in [5, 5.41) is 10.9. The molecule has 0 saturated carbocycles. The number of nitrogens with zero attached hydrogens (tertiary/aromatic N) is 1. The minimum absolute atomic E-state index is 0.00357. The van der Waals surface area contributed by atoms with Crippen molar-refractivity contribution < 1.29 is 32.2 Å². The predicted molar refractivity (Wildman–Crippen MR) is 123 cm³/mol. The number of hydrogen-bond donors (Lipinski definition) is 1. The fourth-order valence-electron chi connectivity index (χ4n) is 3.92. The fraction of sp³-hybridized carbons (Fsp3) is 0.280. The van der Waals surface area contributed by atoms with Gasteiger partial charge in [0.25, 0.3) is 5.56 Å². The Morgan fingerprint density at radius 2 is 1.74 bits per heavy atom. The Morgan fingerprint density at radius 1 is 1.11 bits per heavy atom. The van der Waals surface area contributed by atoms with Crippen molar-refractivity contribution in [1.29, 1.82) is 0 Å². The van der Waals surface area contributed by atoms with Gasteiger partial charge in [0, 0.05) is 35.3 Å². The van der Waals surface area contributed by atoms with Gasteiger partial charge in [-0.05, 0) is 47.9 Å². The van der Waals surface area contributed by atoms with Crippen molar-refractivity contribution in [2.24, 2.45) is 0 Å². The van der Waals surface area contributed by atoms with Crippen LogP contribution in [0, 0.1) is 5.82 Å². The molecule has 10 heteroatoms. The van der Waals surface area contributed by atoms with Gasteiger partial charge < -0.3 is 14.4 Å². The number of methoxy groups -OCH3 is 1. The highest BCUT2D eigenvalue weighted by Crippen LogP contribution is 2.49. The molecule has 0 radical (unpaired) electrons. The number of ether oxygens (including phenoxy) is 1. The van der Waals surface area contributed by atoms with Crippen molar-refractivity contribution in [2.75, 3.05) is 7.11 Å². The molecular formula is C25H22ClF4NO4. The summed E-state index contributed by atoms with van der Waals surface area (Å²) >= 11 is 6.34. The number of aliphatic hydroxyl groups is 1. The third-order valence-corrected chi connectivity index (χ3v) is 6.33. The molecule has 0 amide bonds. The SMILES string of the molecule is CCn1cc([C@@](O)([C@@H](C)c2ccc(-c3ccc(C(=O)OC)c(F)c3)cc2Cl)C(F)(F)F)ccc1=O. The maximum absolute atomic E-state index is 14.3. The van der Waals surface area contributed by atoms with E-state index in [1.807, 2.05) is 0 Å². The van der Waals surface area contributed by atoms with Crippen LogP contribution in [-0.4, -0.2) is 28.9 Å². The first-order chi connectivity index (χ1) is 16.3. The van der Waals surface area contributed by atoms with Crippen molar-refractivity contribution in [3.8, 4) is 11.1 Å². The lowest BCUT2D eigenvalue weighted by atomic mass is 9.78. The van der Waals surface area contributed by atoms with Gasteiger partial charge in [0.15, 0.2) is 5.60 Å². The minimum atomic E-state index is -5.10. The summed E-state index contributed by atoms with van der Waals surface area (Å²) in [6, 6.07) is 9.79. The molecule has 2 atom stereocenters. The smallest absolute Gasteiger partial charge is 0.422 e. The lowest BCUT2D eigenvalue weighted by Crippen LogP contribution is -2.47. The van der Waals surface area contributed by atoms with E-state index < -0.39 is 40.6 Å². The predicted octanol–water partition coefficient (Wildman–Crippen LogP) is 5.67. The van der Waals surface area contributed by atoms with E-state index in [4.69, 9.17) is 11.6 Å². The number of carbonyl (C=O) groups excluding carboxylic acids is 1. The first-order valence-corrected chi connectivity index (χ1v) is 10.9. The molecule has 0 aliphatic carbocycles. The molecule has 186 valence electrons. The largest absolute Gasteiger partial charge is 0.465 e. The van der Waals surface area contributed by atoms with Gasteiger partial charge in [0.1, 0.15) is 5.82 Å². The second-order valence-corrected chi connectivity index (χ2v) is 8.36. The molecule has 0 aliphatic heterocycles. The number of carbonyl (C=O) groups is 1. The van der Waals surface area contributed by atoms with Crippen molar-refractivity contribution in [3.63, 3.8) is 0 Å². The molecule has 0 spiro atoms. The summed E-state index contributed by atoms with van der Waals surface area (Å²) in [6.07, 6.45) is -4.11. The summed E-state index contributed by atoms with van der Waals surface area (Å²) < 4.78 is 62.7. The molecule has 0 fully saturated rings. The molecule has 0 aliphatic rings. The van der Waals surface area contributed by atoms with E-state index in [2.05, 4.69) is 4.74 Å². The van der Waals surface area contributed by atoms with Crippen LogP contribution in [0.3, 0.4) is 0 Å². The molecule has 1 N–H and O–H groups in total. The summed E-state index contributed by atoms with van der Waals surface area (Å²) in [4.78, 5) is 23.5. The maximum Gasteiger partial charge on any atom is 0.422 e. The minimum Gasteiger partial charge on any atom is -0.465 e. The van der Waals surface area contributed by atoms with Gasteiger partial charge in [-0.15, -0.1) is 0 Å². The number of esters is 1. The average Bonchev–Trinajstić information content (AvgIpc) is 2.82. The normalized spacial score (nSPS) is 14.3. The Balaban J connectivity index is 2.06. The summed E-state index contributed by atoms with van der Waals surface area (Å²) in [7, 11) is 1.12. The Labute approximate surface area is 203 Å². The highest BCUT2D eigenvalue weighted by Gasteiger charge is 2.59. The average molecular weight is 512 g/mol. The molecule has 1 heterocycles. The monoisotopic (exact) mass is 511 g/mol. The molecule has 5 nitrogen and oxygen atoms in total. The van der Waals surface area contributed by atoms with Gasteiger partial charge in [-0.2, -0.15) is 13.2 Å². The number of halogens is 5. The van der Waals surface area contributed by atoms with E-state index in [0.717, 1.165) is 36.1 Å². The zero-order valence-corrected chi connectivity index (χ0v) is 19.7. The van der Waals surface area contributed by atoms with E-state index in [0.29, 0.717) is 11.1 Å². The van der Waals surface area contributed by atoms with Crippen LogP contribution in [0.1, 0.15) is 41.3 Å². The van der Waals surface area contributed by atoms with Crippen molar-refractivity contribution in [2.45, 2.75) is 38.1 Å². The first-order valence-electron chi connectivity index (χ1n) is 10.5. The van der Waals surface area contributed by atoms with Crippen LogP contribution < -0.4 is 5.56 Å². The Bertz CT molecular complexity index is 1320. The Morgan fingerprint density at radius 3 is 2.29 bits per heavy atom. The summed E-state index contributed by atoms with van der Waals surface area (Å²) in [5.41, 5.74) is -3.90. The molecule has 0 unspecified atom stereocenters. The zero-order chi connectivity index (χ0) is 26.1. The number of aryl methyl sites for hydroxylation is 1. The van der Waals surface area contributed by atoms with Crippen LogP contribution in [0.2, 0.25) is 5.02 Å². The van der Waals surface area contributed by atoms with Crippen LogP contribution in [0.15, 0.2) is 59.5 Å². The highest BCUT2D eigenvalue weighted by atomic mass is 35.5. The van der Waals surface area contributed by atoms with Crippen molar-refractivity contribution >= 4 is 17.6 Å². The number of pyridine rings is 1. The summed E-state index contributed by atoms with van der Waals surface area (Å²) in [6.45, 7) is 2.90. The van der Waals surface area contributed by atoms with Crippen LogP contribution in [-0.2, 0) is 16.9 Å². The third kappa shape index (κ3) is 4.83. The van der Waals surface area contributed by atoms with E-state index in [1.54, 1.807) is 6.92 Å². The molecular weight excluding hydrogens is 490 g/mol. The van der Waals surface area contributed by atoms with Gasteiger partial charge >= 0.3 is 12.1 Å². The maximum atomic E-state index is 14.3. The fourth-order valence-corrected chi connectivity index (χ4v) is 4.26. The number of rotatable bonds is 6. The van der Waals surface area contributed by atoms with Crippen molar-refractivity contribution in [1.82, 2.24) is 4.57 Å². The number of aromatic nitrogens is 1. The number of hydrogen-bond acceptors (Lipinski definition) is 4. The molecule has 1 aromatic heterocycles. The van der Waals surface area contributed by atoms with E-state index in [1.165, 1.54) is 37.3 Å². The summed E-state index contributed by atoms with van der Waals surface area (Å²) in [5.74, 6) is -3.25. The second kappa shape index (κ2) is 9.83. The molecule has 35 heavy (non-hydrogen) atoms. The van der Waals surface area contributed by atoms with E-state index >= 15 is 0 Å². The van der Waals surface area contributed by atoms with Gasteiger partial charge in [-0.25, -0.2) is 9.18 Å². The topological polar surface area (TPSA) is 68.5 Å². The molecule has 0 saturated heterocycles. The van der Waals surface area contributed by atoms with Crippen molar-refractivity contribution in [3.05, 3.63) is 92.6 Å². The first kappa shape index (κ1) is 26.4. The van der Waals surface area contributed by atoms with E-state index in [9.17, 15) is 32.3 Å². The van der Waals surface area contributed by atoms with Crippen LogP contribution in [0.4, 0.5) is 17.6 Å². The van der Waals surface area contributed by atoms with Crippen LogP contribution >= 0.6 is 11.6 Å². The quantitative estimate of drug-likeness (QED) is 0.342. The van der Waals surface area contributed by atoms with Crippen LogP contribution in [0.25, 0.3) is 11.1 Å². The second-order valence-electron chi connectivity index (χ2n) is 7.95. The lowest BCUT2D eigenvalue weighted by Gasteiger charge is -2.37. The highest BCUT2D eigenvalue weighted by molar-refractivity contribution is 6.31. The number of benzene rings is 2. The Kier molecular flexibility index (Phi) is 7.42. The van der Waals surface area contributed by atoms with Gasteiger partial charge in [-0.3, -0.25) is 4.79 Å². The molecule has 3 rings (SSSR count). The van der Waals surface area contributed by atoms with Gasteiger partial charge in [-0.1, -0.05) is 36.7 Å². The molecule has 3 aromatic rings. The number of alkyl halides is 3. The molecule has 2 aromatic carbocycles. The Hall–Kier alpha value is -3.17. The van der Waals surface area contributed by atoms with Gasteiger partial charge in [0.2, 0.25) is 0 Å². The van der Waals surface area contributed by atoms with Crippen LogP contribution in [0.5, 0.6) is 0 Å². The van der Waals surface area contributed by atoms with E-state index in [-0.39, 0.29) is 22.7 Å².